The first-order valence-electron chi connectivity index (χ1n) is 12.1. The van der Waals surface area contributed by atoms with E-state index >= 15 is 0 Å². The van der Waals surface area contributed by atoms with Crippen LogP contribution >= 0.6 is 11.6 Å². The second-order valence-corrected chi connectivity index (χ2v) is 9.25. The number of carboxylic acid groups (broad SMARTS) is 1. The number of rotatable bonds is 8. The maximum atomic E-state index is 14.9. The van der Waals surface area contributed by atoms with Gasteiger partial charge in [0, 0.05) is 24.1 Å². The lowest BCUT2D eigenvalue weighted by atomic mass is 9.99. The van der Waals surface area contributed by atoms with Crippen molar-refractivity contribution in [2.45, 2.75) is 12.6 Å². The van der Waals surface area contributed by atoms with Gasteiger partial charge in [0.05, 0.1) is 53.1 Å². The molecule has 0 unspecified atom stereocenters. The smallest absolute Gasteiger partial charge is 0.417 e. The topological polar surface area (TPSA) is 113 Å². The fraction of sp³-hybridized carbons (Fsp3) is 0.172. The van der Waals surface area contributed by atoms with Crippen molar-refractivity contribution in [1.82, 2.24) is 4.98 Å². The van der Waals surface area contributed by atoms with Crippen molar-refractivity contribution in [3.05, 3.63) is 82.1 Å². The third kappa shape index (κ3) is 5.91. The highest BCUT2D eigenvalue weighted by Gasteiger charge is 2.33. The molecule has 42 heavy (non-hydrogen) atoms. The maximum absolute atomic E-state index is 14.9. The van der Waals surface area contributed by atoms with E-state index < -0.39 is 29.4 Å². The molecule has 1 aromatic heterocycles. The van der Waals surface area contributed by atoms with Gasteiger partial charge >= 0.3 is 12.1 Å². The molecule has 0 radical (unpaired) electrons. The zero-order chi connectivity index (χ0) is 30.8. The maximum Gasteiger partial charge on any atom is 0.417 e. The monoisotopic (exact) mass is 601 g/mol. The SMILES string of the molecule is COc1cc(Cl)c(-c2nc3cccc(C(F)(F)F)c3cc2C#N)cc1C(=O)N(C)c1c(F)cccc1OCCC(=O)O. The second-order valence-electron chi connectivity index (χ2n) is 8.84. The molecule has 0 saturated heterocycles. The number of carbonyl (C=O) groups excluding carboxylic acids is 1. The van der Waals surface area contributed by atoms with E-state index in [2.05, 4.69) is 4.98 Å². The summed E-state index contributed by atoms with van der Waals surface area (Å²) in [6.07, 6.45) is -5.06. The number of alkyl halides is 3. The number of carboxylic acids is 1. The molecule has 4 aromatic rings. The lowest BCUT2D eigenvalue weighted by Gasteiger charge is -2.23. The number of nitriles is 1. The van der Waals surface area contributed by atoms with Crippen LogP contribution in [0.3, 0.4) is 0 Å². The van der Waals surface area contributed by atoms with Crippen molar-refractivity contribution < 1.29 is 41.7 Å². The van der Waals surface area contributed by atoms with Gasteiger partial charge < -0.3 is 19.5 Å². The van der Waals surface area contributed by atoms with Crippen LogP contribution in [0.25, 0.3) is 22.2 Å². The first-order chi connectivity index (χ1) is 19.9. The average Bonchev–Trinajstić information content (AvgIpc) is 2.94. The summed E-state index contributed by atoms with van der Waals surface area (Å²) < 4.78 is 66.5. The van der Waals surface area contributed by atoms with Crippen molar-refractivity contribution >= 4 is 40.1 Å². The molecule has 0 fully saturated rings. The molecule has 0 aliphatic rings. The molecule has 0 aliphatic heterocycles. The Morgan fingerprint density at radius 2 is 1.83 bits per heavy atom. The van der Waals surface area contributed by atoms with Crippen LogP contribution in [0.2, 0.25) is 5.02 Å². The number of hydrogen-bond donors (Lipinski definition) is 1. The molecule has 0 aliphatic carbocycles. The van der Waals surface area contributed by atoms with E-state index in [-0.39, 0.29) is 68.5 Å². The minimum Gasteiger partial charge on any atom is -0.496 e. The van der Waals surface area contributed by atoms with Crippen LogP contribution in [-0.2, 0) is 11.0 Å². The van der Waals surface area contributed by atoms with Gasteiger partial charge in [-0.2, -0.15) is 18.4 Å². The Morgan fingerprint density at radius 3 is 2.48 bits per heavy atom. The number of pyridine rings is 1. The number of benzene rings is 3. The van der Waals surface area contributed by atoms with Gasteiger partial charge in [0.25, 0.3) is 5.91 Å². The summed E-state index contributed by atoms with van der Waals surface area (Å²) in [5, 5.41) is 18.4. The van der Waals surface area contributed by atoms with Gasteiger partial charge in [0.15, 0.2) is 5.82 Å². The molecule has 8 nitrogen and oxygen atoms in total. The number of hydrogen-bond acceptors (Lipinski definition) is 6. The number of ether oxygens (including phenoxy) is 2. The number of para-hydroxylation sites is 1. The molecule has 13 heteroatoms. The Kier molecular flexibility index (Phi) is 8.54. The van der Waals surface area contributed by atoms with Crippen molar-refractivity contribution in [1.29, 1.82) is 5.26 Å². The predicted octanol–water partition coefficient (Wildman–Crippen LogP) is 6.72. The van der Waals surface area contributed by atoms with E-state index in [9.17, 15) is 32.4 Å². The highest BCUT2D eigenvalue weighted by Crippen LogP contribution is 2.40. The number of aliphatic carboxylic acids is 1. The number of fused-ring (bicyclic) bond motifs is 1. The van der Waals surface area contributed by atoms with Crippen LogP contribution < -0.4 is 14.4 Å². The summed E-state index contributed by atoms with van der Waals surface area (Å²) in [6, 6.07) is 12.6. The molecule has 3 aromatic carbocycles. The molecular formula is C29H20ClF4N3O5. The Balaban J connectivity index is 1.84. The standard InChI is InChI=1S/C29H20ClF4N3O5/c1-37(27-21(31)6-4-8-23(27)42-10-9-25(38)39)28(40)18-12-17(20(30)13-24(18)41-2)26-15(14-35)11-16-19(29(32,33)34)5-3-7-22(16)36-26/h3-8,11-13H,9-10H2,1-2H3,(H,38,39). The van der Waals surface area contributed by atoms with Gasteiger partial charge in [-0.15, -0.1) is 0 Å². The number of halogens is 5. The molecule has 0 spiro atoms. The largest absolute Gasteiger partial charge is 0.496 e. The van der Waals surface area contributed by atoms with E-state index in [1.807, 2.05) is 6.07 Å². The normalized spacial score (nSPS) is 11.2. The minimum atomic E-state index is -4.69. The first kappa shape index (κ1) is 30.1. The highest BCUT2D eigenvalue weighted by molar-refractivity contribution is 6.34. The number of amides is 1. The number of carbonyl (C=O) groups is 2. The molecule has 216 valence electrons. The van der Waals surface area contributed by atoms with E-state index in [1.165, 1.54) is 50.6 Å². The molecule has 1 amide bonds. The van der Waals surface area contributed by atoms with Gasteiger partial charge in [-0.1, -0.05) is 23.7 Å². The van der Waals surface area contributed by atoms with E-state index in [0.717, 1.165) is 23.1 Å². The zero-order valence-corrected chi connectivity index (χ0v) is 22.7. The van der Waals surface area contributed by atoms with Crippen LogP contribution in [0.1, 0.15) is 27.9 Å². The number of nitrogens with zero attached hydrogens (tertiary/aromatic N) is 3. The van der Waals surface area contributed by atoms with Gasteiger partial charge in [-0.05, 0) is 36.4 Å². The molecule has 1 N–H and O–H groups in total. The number of anilines is 1. The fourth-order valence-corrected chi connectivity index (χ4v) is 4.52. The zero-order valence-electron chi connectivity index (χ0n) is 21.9. The van der Waals surface area contributed by atoms with E-state index in [1.54, 1.807) is 0 Å². The Hall–Kier alpha value is -4.89. The molecule has 4 rings (SSSR count). The summed E-state index contributed by atoms with van der Waals surface area (Å²) in [5.41, 5.74) is -1.75. The summed E-state index contributed by atoms with van der Waals surface area (Å²) >= 11 is 6.47. The quantitative estimate of drug-likeness (QED) is 0.223. The Bertz CT molecular complexity index is 1750. The van der Waals surface area contributed by atoms with E-state index in [0.29, 0.717) is 0 Å². The summed E-state index contributed by atoms with van der Waals surface area (Å²) in [4.78, 5) is 29.8. The van der Waals surface area contributed by atoms with Crippen LogP contribution in [0, 0.1) is 17.1 Å². The lowest BCUT2D eigenvalue weighted by molar-refractivity contribution is -0.138. The van der Waals surface area contributed by atoms with Crippen LogP contribution in [0.15, 0.2) is 54.6 Å². The summed E-state index contributed by atoms with van der Waals surface area (Å²) in [6.45, 7) is -0.289. The summed E-state index contributed by atoms with van der Waals surface area (Å²) in [7, 11) is 2.52. The second kappa shape index (κ2) is 11.9. The molecule has 0 bridgehead atoms. The van der Waals surface area contributed by atoms with Gasteiger partial charge in [-0.25, -0.2) is 9.37 Å². The molecular weight excluding hydrogens is 582 g/mol. The van der Waals surface area contributed by atoms with Crippen molar-refractivity contribution in [2.24, 2.45) is 0 Å². The van der Waals surface area contributed by atoms with Gasteiger partial charge in [-0.3, -0.25) is 9.59 Å². The lowest BCUT2D eigenvalue weighted by Crippen LogP contribution is -2.28. The molecule has 0 atom stereocenters. The molecule has 0 saturated carbocycles. The van der Waals surface area contributed by atoms with Crippen LogP contribution in [0.4, 0.5) is 23.2 Å². The van der Waals surface area contributed by atoms with Gasteiger partial charge in [0.2, 0.25) is 0 Å². The van der Waals surface area contributed by atoms with Crippen molar-refractivity contribution in [3.8, 4) is 28.8 Å². The third-order valence-electron chi connectivity index (χ3n) is 6.22. The van der Waals surface area contributed by atoms with Crippen molar-refractivity contribution in [3.63, 3.8) is 0 Å². The number of methoxy groups -OCH3 is 1. The first-order valence-corrected chi connectivity index (χ1v) is 12.4. The molecule has 1 heterocycles. The average molecular weight is 602 g/mol. The van der Waals surface area contributed by atoms with Crippen LogP contribution in [0.5, 0.6) is 11.5 Å². The minimum absolute atomic E-state index is 0.0232. The fourth-order valence-electron chi connectivity index (χ4n) is 4.27. The van der Waals surface area contributed by atoms with Crippen LogP contribution in [-0.4, -0.2) is 42.7 Å². The third-order valence-corrected chi connectivity index (χ3v) is 6.54. The van der Waals surface area contributed by atoms with Gasteiger partial charge in [0.1, 0.15) is 23.3 Å². The Labute approximate surface area is 241 Å². The van der Waals surface area contributed by atoms with E-state index in [4.69, 9.17) is 26.2 Å². The predicted molar refractivity (Wildman–Crippen MR) is 145 cm³/mol. The highest BCUT2D eigenvalue weighted by atomic mass is 35.5. The van der Waals surface area contributed by atoms with Crippen molar-refractivity contribution in [2.75, 3.05) is 25.7 Å². The number of aromatic nitrogens is 1. The Morgan fingerprint density at radius 1 is 1.12 bits per heavy atom. The summed E-state index contributed by atoms with van der Waals surface area (Å²) in [5.74, 6) is -2.90.